The molecule has 2 aromatic carbocycles. The molecule has 0 aliphatic heterocycles. The highest BCUT2D eigenvalue weighted by Gasteiger charge is 2.53. The van der Waals surface area contributed by atoms with Crippen LogP contribution < -0.4 is 0 Å². The molecule has 1 fully saturated rings. The van der Waals surface area contributed by atoms with Gasteiger partial charge in [-0.3, -0.25) is 9.59 Å². The molecule has 3 rings (SSSR count). The summed E-state index contributed by atoms with van der Waals surface area (Å²) in [6, 6.07) is 15.7. The molecule has 2 aromatic rings. The van der Waals surface area contributed by atoms with Crippen LogP contribution in [-0.2, 0) is 22.4 Å². The zero-order chi connectivity index (χ0) is 25.8. The van der Waals surface area contributed by atoms with E-state index in [1.807, 2.05) is 69.3 Å². The van der Waals surface area contributed by atoms with E-state index in [2.05, 4.69) is 6.92 Å². The molecule has 0 radical (unpaired) electrons. The number of Topliss-reactive ketones (excluding diaryl/α,β-unsaturated/α-hetero) is 1. The Hall–Kier alpha value is -2.50. The first-order valence-electron chi connectivity index (χ1n) is 12.8. The molecule has 1 saturated carbocycles. The van der Waals surface area contributed by atoms with E-state index in [9.17, 15) is 19.8 Å². The summed E-state index contributed by atoms with van der Waals surface area (Å²) in [5.74, 6) is -1.75. The second kappa shape index (κ2) is 11.5. The van der Waals surface area contributed by atoms with Crippen LogP contribution in [0.25, 0.3) is 0 Å². The highest BCUT2D eigenvalue weighted by Crippen LogP contribution is 2.49. The zero-order valence-corrected chi connectivity index (χ0v) is 21.4. The number of benzene rings is 2. The third-order valence-corrected chi connectivity index (χ3v) is 7.38. The van der Waals surface area contributed by atoms with Crippen molar-refractivity contribution in [3.8, 4) is 0 Å². The maximum atomic E-state index is 13.6. The molecule has 3 unspecified atom stereocenters. The van der Waals surface area contributed by atoms with Crippen LogP contribution in [0.5, 0.6) is 0 Å². The van der Waals surface area contributed by atoms with Gasteiger partial charge in [-0.1, -0.05) is 82.6 Å². The van der Waals surface area contributed by atoms with E-state index in [0.717, 1.165) is 28.7 Å². The number of carboxylic acid groups (broad SMARTS) is 1. The molecule has 0 amide bonds. The summed E-state index contributed by atoms with van der Waals surface area (Å²) in [6.07, 6.45) is 2.23. The maximum absolute atomic E-state index is 13.6. The van der Waals surface area contributed by atoms with Gasteiger partial charge >= 0.3 is 5.97 Å². The van der Waals surface area contributed by atoms with Crippen LogP contribution in [0.15, 0.2) is 48.5 Å². The van der Waals surface area contributed by atoms with Crippen molar-refractivity contribution in [1.82, 2.24) is 0 Å². The van der Waals surface area contributed by atoms with Gasteiger partial charge in [0.2, 0.25) is 0 Å². The fourth-order valence-electron chi connectivity index (χ4n) is 5.59. The predicted molar refractivity (Wildman–Crippen MR) is 137 cm³/mol. The van der Waals surface area contributed by atoms with E-state index >= 15 is 0 Å². The van der Waals surface area contributed by atoms with Crippen molar-refractivity contribution in [1.29, 1.82) is 0 Å². The minimum absolute atomic E-state index is 0.0740. The number of aryl methyl sites for hydroxylation is 2. The van der Waals surface area contributed by atoms with E-state index < -0.39 is 24.1 Å². The molecule has 0 bridgehead atoms. The molecular formula is C30H40O5. The van der Waals surface area contributed by atoms with Gasteiger partial charge in [0.1, 0.15) is 5.78 Å². The Bertz CT molecular complexity index is 1000. The van der Waals surface area contributed by atoms with Gasteiger partial charge in [0.15, 0.2) is 0 Å². The number of hydrogen-bond acceptors (Lipinski definition) is 4. The normalized spacial score (nSPS) is 23.4. The third kappa shape index (κ3) is 6.59. The Morgan fingerprint density at radius 3 is 2.31 bits per heavy atom. The van der Waals surface area contributed by atoms with Gasteiger partial charge in [-0.05, 0) is 53.4 Å². The van der Waals surface area contributed by atoms with Gasteiger partial charge in [-0.25, -0.2) is 0 Å². The average Bonchev–Trinajstić information content (AvgIpc) is 3.06. The van der Waals surface area contributed by atoms with Crippen LogP contribution in [0.2, 0.25) is 0 Å². The summed E-state index contributed by atoms with van der Waals surface area (Å²) in [4.78, 5) is 24.5. The summed E-state index contributed by atoms with van der Waals surface area (Å²) >= 11 is 0. The first kappa shape index (κ1) is 27.1. The molecule has 35 heavy (non-hydrogen) atoms. The van der Waals surface area contributed by atoms with Crippen LogP contribution in [0.4, 0.5) is 0 Å². The number of carbonyl (C=O) groups excluding carboxylic acids is 1. The van der Waals surface area contributed by atoms with Crippen molar-refractivity contribution in [3.05, 3.63) is 70.8 Å². The first-order valence-corrected chi connectivity index (χ1v) is 12.8. The zero-order valence-electron chi connectivity index (χ0n) is 21.4. The van der Waals surface area contributed by atoms with Gasteiger partial charge in [0, 0.05) is 24.2 Å². The lowest BCUT2D eigenvalue weighted by atomic mass is 9.76. The molecule has 1 aliphatic carbocycles. The summed E-state index contributed by atoms with van der Waals surface area (Å²) in [7, 11) is 0. The molecule has 0 heterocycles. The summed E-state index contributed by atoms with van der Waals surface area (Å²) in [5.41, 5.74) is 3.50. The van der Waals surface area contributed by atoms with Crippen molar-refractivity contribution in [2.75, 3.05) is 0 Å². The van der Waals surface area contributed by atoms with Gasteiger partial charge in [0.25, 0.3) is 0 Å². The van der Waals surface area contributed by atoms with Gasteiger partial charge in [-0.2, -0.15) is 0 Å². The van der Waals surface area contributed by atoms with Crippen molar-refractivity contribution < 1.29 is 24.9 Å². The van der Waals surface area contributed by atoms with Crippen molar-refractivity contribution >= 4 is 11.8 Å². The molecule has 0 spiro atoms. The SMILES string of the molecule is CCCC(O)c1cccc(CC[C@H]2C(=O)C(C(C)(C)C)C(O)[C@@H]2c2ccc(CCC(=O)O)cc2)c1. The average molecular weight is 481 g/mol. The fourth-order valence-corrected chi connectivity index (χ4v) is 5.59. The lowest BCUT2D eigenvalue weighted by molar-refractivity contribution is -0.137. The third-order valence-electron chi connectivity index (χ3n) is 7.38. The molecule has 5 heteroatoms. The highest BCUT2D eigenvalue weighted by atomic mass is 16.4. The highest BCUT2D eigenvalue weighted by molar-refractivity contribution is 5.88. The molecule has 5 atom stereocenters. The molecule has 3 N–H and O–H groups in total. The van der Waals surface area contributed by atoms with Crippen LogP contribution in [0, 0.1) is 17.3 Å². The standard InChI is InChI=1S/C30H40O5/c1-5-7-24(31)22-9-6-8-20(18-22)12-16-23-26(29(35)27(28(23)34)30(2,3)4)21-14-10-19(11-15-21)13-17-25(32)33/h6,8-11,14-15,18,23-24,26-27,29,31,35H,5,7,12-13,16-17H2,1-4H3,(H,32,33)/t23-,24?,26-,27?,29?/m1/s1. The van der Waals surface area contributed by atoms with E-state index in [4.69, 9.17) is 5.11 Å². The summed E-state index contributed by atoms with van der Waals surface area (Å²) in [5, 5.41) is 30.7. The number of aliphatic hydroxyl groups excluding tert-OH is 2. The number of carboxylic acids is 1. The van der Waals surface area contributed by atoms with Gasteiger partial charge < -0.3 is 15.3 Å². The Labute approximate surface area is 209 Å². The number of carbonyl (C=O) groups is 2. The predicted octanol–water partition coefficient (Wildman–Crippen LogP) is 5.48. The monoisotopic (exact) mass is 480 g/mol. The lowest BCUT2D eigenvalue weighted by Crippen LogP contribution is -2.34. The minimum Gasteiger partial charge on any atom is -0.481 e. The molecule has 1 aliphatic rings. The van der Waals surface area contributed by atoms with Crippen LogP contribution in [-0.4, -0.2) is 33.2 Å². The summed E-state index contributed by atoms with van der Waals surface area (Å²) in [6.45, 7) is 8.07. The molecule has 0 aromatic heterocycles. The topological polar surface area (TPSA) is 94.8 Å². The number of rotatable bonds is 10. The van der Waals surface area contributed by atoms with E-state index in [0.29, 0.717) is 25.7 Å². The molecule has 5 nitrogen and oxygen atoms in total. The van der Waals surface area contributed by atoms with Crippen LogP contribution in [0.1, 0.15) is 87.7 Å². The number of aliphatic hydroxyl groups is 2. The number of hydrogen-bond donors (Lipinski definition) is 3. The minimum atomic E-state index is -0.828. The Morgan fingerprint density at radius 2 is 1.71 bits per heavy atom. The Morgan fingerprint density at radius 1 is 1.03 bits per heavy atom. The number of ketones is 1. The fraction of sp³-hybridized carbons (Fsp3) is 0.533. The van der Waals surface area contributed by atoms with E-state index in [1.165, 1.54) is 0 Å². The Balaban J connectivity index is 1.84. The lowest BCUT2D eigenvalue weighted by Gasteiger charge is -2.29. The quantitative estimate of drug-likeness (QED) is 0.419. The second-order valence-corrected chi connectivity index (χ2v) is 11.1. The maximum Gasteiger partial charge on any atom is 0.303 e. The van der Waals surface area contributed by atoms with E-state index in [-0.39, 0.29) is 29.5 Å². The molecule has 0 saturated heterocycles. The Kier molecular flexibility index (Phi) is 8.89. The van der Waals surface area contributed by atoms with Crippen LogP contribution >= 0.6 is 0 Å². The van der Waals surface area contributed by atoms with E-state index in [1.54, 1.807) is 0 Å². The smallest absolute Gasteiger partial charge is 0.303 e. The second-order valence-electron chi connectivity index (χ2n) is 11.1. The largest absolute Gasteiger partial charge is 0.481 e. The molecule has 190 valence electrons. The summed E-state index contributed by atoms with van der Waals surface area (Å²) < 4.78 is 0. The van der Waals surface area contributed by atoms with Crippen molar-refractivity contribution in [2.45, 2.75) is 84.3 Å². The first-order chi connectivity index (χ1) is 16.5. The number of aliphatic carboxylic acids is 1. The molecular weight excluding hydrogens is 440 g/mol. The van der Waals surface area contributed by atoms with Gasteiger partial charge in [-0.15, -0.1) is 0 Å². The van der Waals surface area contributed by atoms with Crippen molar-refractivity contribution in [2.24, 2.45) is 17.3 Å². The van der Waals surface area contributed by atoms with Gasteiger partial charge in [0.05, 0.1) is 12.2 Å². The van der Waals surface area contributed by atoms with Crippen molar-refractivity contribution in [3.63, 3.8) is 0 Å². The van der Waals surface area contributed by atoms with Crippen LogP contribution in [0.3, 0.4) is 0 Å².